The van der Waals surface area contributed by atoms with Gasteiger partial charge in [0.1, 0.15) is 5.75 Å². The Labute approximate surface area is 154 Å². The maximum Gasteiger partial charge on any atom is 0.222 e. The quantitative estimate of drug-likeness (QED) is 0.717. The van der Waals surface area contributed by atoms with Crippen LogP contribution in [0.25, 0.3) is 0 Å². The Balaban J connectivity index is 1.62. The van der Waals surface area contributed by atoms with E-state index in [-0.39, 0.29) is 17.9 Å². The molecule has 0 atom stereocenters. The molecule has 5 nitrogen and oxygen atoms in total. The highest BCUT2D eigenvalue weighted by molar-refractivity contribution is 6.32. The van der Waals surface area contributed by atoms with Gasteiger partial charge in [-0.05, 0) is 37.8 Å². The molecule has 1 aromatic carbocycles. The van der Waals surface area contributed by atoms with Gasteiger partial charge in [0.15, 0.2) is 0 Å². The number of rotatable bonds is 8. The van der Waals surface area contributed by atoms with Crippen LogP contribution in [-0.4, -0.2) is 42.5 Å². The average Bonchev–Trinajstić information content (AvgIpc) is 2.61. The van der Waals surface area contributed by atoms with Crippen molar-refractivity contribution >= 4 is 23.4 Å². The molecule has 1 aromatic rings. The summed E-state index contributed by atoms with van der Waals surface area (Å²) in [6.45, 7) is 3.89. The van der Waals surface area contributed by atoms with Crippen molar-refractivity contribution in [3.8, 4) is 5.75 Å². The molecule has 0 aromatic heterocycles. The molecule has 0 spiro atoms. The first-order valence-corrected chi connectivity index (χ1v) is 9.42. The highest BCUT2D eigenvalue weighted by Crippen LogP contribution is 2.23. The molecule has 0 saturated carbocycles. The van der Waals surface area contributed by atoms with Crippen LogP contribution in [0.5, 0.6) is 5.75 Å². The zero-order valence-corrected chi connectivity index (χ0v) is 15.6. The molecular formula is C19H27ClN2O3. The van der Waals surface area contributed by atoms with Gasteiger partial charge in [0.2, 0.25) is 11.8 Å². The van der Waals surface area contributed by atoms with Crippen LogP contribution in [-0.2, 0) is 9.59 Å². The van der Waals surface area contributed by atoms with Crippen LogP contribution in [0.3, 0.4) is 0 Å². The molecule has 138 valence electrons. The Morgan fingerprint density at radius 2 is 1.96 bits per heavy atom. The van der Waals surface area contributed by atoms with E-state index in [0.29, 0.717) is 49.7 Å². The highest BCUT2D eigenvalue weighted by Gasteiger charge is 2.23. The summed E-state index contributed by atoms with van der Waals surface area (Å²) < 4.78 is 5.61. The SMILES string of the molecule is CCCC(=O)NC1CCN(C(=O)CCCOc2ccccc2Cl)CC1. The molecule has 0 radical (unpaired) electrons. The molecular weight excluding hydrogens is 340 g/mol. The second-order valence-corrected chi connectivity index (χ2v) is 6.76. The Hall–Kier alpha value is -1.75. The number of benzene rings is 1. The van der Waals surface area contributed by atoms with Crippen molar-refractivity contribution in [1.29, 1.82) is 0 Å². The third-order valence-corrected chi connectivity index (χ3v) is 4.63. The first-order chi connectivity index (χ1) is 12.1. The normalized spacial score (nSPS) is 15.0. The molecule has 1 aliphatic rings. The predicted octanol–water partition coefficient (Wildman–Crippen LogP) is 3.41. The first-order valence-electron chi connectivity index (χ1n) is 9.04. The summed E-state index contributed by atoms with van der Waals surface area (Å²) in [7, 11) is 0. The van der Waals surface area contributed by atoms with Gasteiger partial charge in [-0.15, -0.1) is 0 Å². The van der Waals surface area contributed by atoms with Crippen molar-refractivity contribution < 1.29 is 14.3 Å². The number of piperidine rings is 1. The third kappa shape index (κ3) is 6.58. The number of halogens is 1. The van der Waals surface area contributed by atoms with E-state index >= 15 is 0 Å². The number of hydrogen-bond donors (Lipinski definition) is 1. The van der Waals surface area contributed by atoms with E-state index in [1.807, 2.05) is 30.0 Å². The monoisotopic (exact) mass is 366 g/mol. The summed E-state index contributed by atoms with van der Waals surface area (Å²) in [6, 6.07) is 7.53. The Bertz CT molecular complexity index is 572. The van der Waals surface area contributed by atoms with E-state index in [1.54, 1.807) is 6.07 Å². The lowest BCUT2D eigenvalue weighted by Gasteiger charge is -2.32. The number of nitrogens with one attached hydrogen (secondary N) is 1. The smallest absolute Gasteiger partial charge is 0.222 e. The lowest BCUT2D eigenvalue weighted by Crippen LogP contribution is -2.46. The number of para-hydroxylation sites is 1. The number of carbonyl (C=O) groups is 2. The molecule has 1 heterocycles. The number of ether oxygens (including phenoxy) is 1. The minimum atomic E-state index is 0.115. The zero-order valence-electron chi connectivity index (χ0n) is 14.8. The van der Waals surface area contributed by atoms with Crippen molar-refractivity contribution in [2.24, 2.45) is 0 Å². The molecule has 1 aliphatic heterocycles. The number of amides is 2. The Kier molecular flexibility index (Phi) is 8.06. The lowest BCUT2D eigenvalue weighted by atomic mass is 10.0. The fourth-order valence-electron chi connectivity index (χ4n) is 2.93. The van der Waals surface area contributed by atoms with Gasteiger partial charge in [0.25, 0.3) is 0 Å². The Morgan fingerprint density at radius 1 is 1.24 bits per heavy atom. The molecule has 0 aliphatic carbocycles. The molecule has 0 bridgehead atoms. The summed E-state index contributed by atoms with van der Waals surface area (Å²) in [4.78, 5) is 25.8. The highest BCUT2D eigenvalue weighted by atomic mass is 35.5. The van der Waals surface area contributed by atoms with Gasteiger partial charge in [0, 0.05) is 32.0 Å². The van der Waals surface area contributed by atoms with Crippen LogP contribution in [0.4, 0.5) is 0 Å². The van der Waals surface area contributed by atoms with E-state index in [2.05, 4.69) is 5.32 Å². The molecule has 1 N–H and O–H groups in total. The Morgan fingerprint density at radius 3 is 2.64 bits per heavy atom. The number of likely N-dealkylation sites (tertiary alicyclic amines) is 1. The van der Waals surface area contributed by atoms with Crippen molar-refractivity contribution in [3.63, 3.8) is 0 Å². The lowest BCUT2D eigenvalue weighted by molar-refractivity contribution is -0.132. The standard InChI is InChI=1S/C19H27ClN2O3/c1-2-6-18(23)21-15-10-12-22(13-11-15)19(24)9-5-14-25-17-8-4-3-7-16(17)20/h3-4,7-8,15H,2,5-6,9-14H2,1H3,(H,21,23). The van der Waals surface area contributed by atoms with Crippen LogP contribution in [0.1, 0.15) is 45.4 Å². The number of hydrogen-bond acceptors (Lipinski definition) is 3. The molecule has 6 heteroatoms. The van der Waals surface area contributed by atoms with Crippen molar-refractivity contribution in [2.45, 2.75) is 51.5 Å². The van der Waals surface area contributed by atoms with Crippen molar-refractivity contribution in [2.75, 3.05) is 19.7 Å². The van der Waals surface area contributed by atoms with Gasteiger partial charge < -0.3 is 15.0 Å². The average molecular weight is 367 g/mol. The van der Waals surface area contributed by atoms with Gasteiger partial charge in [-0.2, -0.15) is 0 Å². The van der Waals surface area contributed by atoms with Gasteiger partial charge in [-0.3, -0.25) is 9.59 Å². The van der Waals surface area contributed by atoms with E-state index in [0.717, 1.165) is 19.3 Å². The van der Waals surface area contributed by atoms with Gasteiger partial charge in [-0.25, -0.2) is 0 Å². The largest absolute Gasteiger partial charge is 0.492 e. The first kappa shape index (κ1) is 19.6. The molecule has 2 amide bonds. The predicted molar refractivity (Wildman–Crippen MR) is 98.8 cm³/mol. The topological polar surface area (TPSA) is 58.6 Å². The van der Waals surface area contributed by atoms with Gasteiger partial charge in [-0.1, -0.05) is 30.7 Å². The maximum atomic E-state index is 12.3. The fraction of sp³-hybridized carbons (Fsp3) is 0.579. The van der Waals surface area contributed by atoms with Crippen LogP contribution in [0.2, 0.25) is 5.02 Å². The minimum Gasteiger partial charge on any atom is -0.492 e. The summed E-state index contributed by atoms with van der Waals surface area (Å²) >= 11 is 6.03. The second-order valence-electron chi connectivity index (χ2n) is 6.36. The number of carbonyl (C=O) groups excluding carboxylic acids is 2. The summed E-state index contributed by atoms with van der Waals surface area (Å²) in [5, 5.41) is 3.63. The minimum absolute atomic E-state index is 0.115. The molecule has 1 fully saturated rings. The molecule has 1 saturated heterocycles. The second kappa shape index (κ2) is 10.3. The number of nitrogens with zero attached hydrogens (tertiary/aromatic N) is 1. The van der Waals surface area contributed by atoms with Crippen LogP contribution < -0.4 is 10.1 Å². The van der Waals surface area contributed by atoms with Crippen molar-refractivity contribution in [1.82, 2.24) is 10.2 Å². The maximum absolute atomic E-state index is 12.3. The van der Waals surface area contributed by atoms with E-state index in [4.69, 9.17) is 16.3 Å². The van der Waals surface area contributed by atoms with E-state index < -0.39 is 0 Å². The summed E-state index contributed by atoms with van der Waals surface area (Å²) in [5.41, 5.74) is 0. The van der Waals surface area contributed by atoms with Gasteiger partial charge in [0.05, 0.1) is 11.6 Å². The van der Waals surface area contributed by atoms with E-state index in [9.17, 15) is 9.59 Å². The zero-order chi connectivity index (χ0) is 18.1. The molecule has 25 heavy (non-hydrogen) atoms. The van der Waals surface area contributed by atoms with E-state index in [1.165, 1.54) is 0 Å². The van der Waals surface area contributed by atoms with Crippen LogP contribution >= 0.6 is 11.6 Å². The molecule has 0 unspecified atom stereocenters. The third-order valence-electron chi connectivity index (χ3n) is 4.32. The fourth-order valence-corrected chi connectivity index (χ4v) is 3.12. The van der Waals surface area contributed by atoms with Crippen molar-refractivity contribution in [3.05, 3.63) is 29.3 Å². The van der Waals surface area contributed by atoms with Gasteiger partial charge >= 0.3 is 0 Å². The molecule has 2 rings (SSSR count). The summed E-state index contributed by atoms with van der Waals surface area (Å²) in [6.07, 6.45) is 4.23. The van der Waals surface area contributed by atoms with Crippen LogP contribution in [0.15, 0.2) is 24.3 Å². The van der Waals surface area contributed by atoms with Crippen LogP contribution in [0, 0.1) is 0 Å². The summed E-state index contributed by atoms with van der Waals surface area (Å²) in [5.74, 6) is 0.922.